The fourth-order valence-corrected chi connectivity index (χ4v) is 2.80. The van der Waals surface area contributed by atoms with Gasteiger partial charge in [-0.15, -0.1) is 0 Å². The fourth-order valence-electron chi connectivity index (χ4n) is 2.80. The third-order valence-corrected chi connectivity index (χ3v) is 5.09. The van der Waals surface area contributed by atoms with Gasteiger partial charge in [-0.05, 0) is 58.1 Å². The fraction of sp³-hybridized carbons (Fsp3) is 0.667. The second-order valence-corrected chi connectivity index (χ2v) is 6.92. The smallest absolute Gasteiger partial charge is 0.399 e. The van der Waals surface area contributed by atoms with Crippen molar-refractivity contribution in [2.45, 2.75) is 64.1 Å². The zero-order valence-electron chi connectivity index (χ0n) is 12.8. The molecular weight excluding hydrogens is 251 g/mol. The first-order valence-corrected chi connectivity index (χ1v) is 7.42. The van der Waals surface area contributed by atoms with E-state index in [2.05, 4.69) is 38.7 Å². The van der Waals surface area contributed by atoms with Crippen molar-refractivity contribution in [3.63, 3.8) is 0 Å². The lowest BCUT2D eigenvalue weighted by atomic mass is 9.69. The first-order chi connectivity index (χ1) is 9.32. The molecule has 0 aromatic carbocycles. The predicted molar refractivity (Wildman–Crippen MR) is 81.0 cm³/mol. The Kier molecular flexibility index (Phi) is 3.10. The number of anilines is 1. The van der Waals surface area contributed by atoms with Gasteiger partial charge in [0.05, 0.1) is 11.2 Å². The van der Waals surface area contributed by atoms with Crippen LogP contribution in [-0.2, 0) is 9.31 Å². The molecule has 1 aliphatic heterocycles. The maximum absolute atomic E-state index is 6.15. The topological polar surface area (TPSA) is 57.4 Å². The molecule has 0 spiro atoms. The summed E-state index contributed by atoms with van der Waals surface area (Å²) >= 11 is 0. The zero-order valence-corrected chi connectivity index (χ0v) is 12.8. The van der Waals surface area contributed by atoms with Gasteiger partial charge in [0.25, 0.3) is 0 Å². The summed E-state index contributed by atoms with van der Waals surface area (Å²) in [6, 6.07) is 2.07. The standard InChI is InChI=1S/C15H23BN2O2/c1-14(2)15(3,4)20-16(19-14)12-11(10-6-5-7-10)8-9-18-13(12)17/h8-10H,5-7H2,1-4H3,(H2,17,18). The molecule has 20 heavy (non-hydrogen) atoms. The summed E-state index contributed by atoms with van der Waals surface area (Å²) in [6.45, 7) is 8.23. The molecule has 1 aliphatic carbocycles. The van der Waals surface area contributed by atoms with Gasteiger partial charge in [-0.2, -0.15) is 0 Å². The summed E-state index contributed by atoms with van der Waals surface area (Å²) in [5.41, 5.74) is 7.62. The Bertz CT molecular complexity index is 511. The zero-order chi connectivity index (χ0) is 14.5. The quantitative estimate of drug-likeness (QED) is 0.840. The Hall–Kier alpha value is -1.07. The molecule has 0 bridgehead atoms. The third-order valence-electron chi connectivity index (χ3n) is 5.09. The summed E-state index contributed by atoms with van der Waals surface area (Å²) in [5, 5.41) is 0. The minimum Gasteiger partial charge on any atom is -0.399 e. The van der Waals surface area contributed by atoms with Crippen LogP contribution in [0.15, 0.2) is 12.3 Å². The number of nitrogens with two attached hydrogens (primary N) is 1. The molecule has 3 rings (SSSR count). The summed E-state index contributed by atoms with van der Waals surface area (Å²) in [5.74, 6) is 1.11. The Morgan fingerprint density at radius 3 is 2.30 bits per heavy atom. The van der Waals surface area contributed by atoms with Gasteiger partial charge in [0, 0.05) is 11.7 Å². The summed E-state index contributed by atoms with van der Waals surface area (Å²) in [7, 11) is -0.413. The average Bonchev–Trinajstić information content (AvgIpc) is 2.45. The van der Waals surface area contributed by atoms with E-state index >= 15 is 0 Å². The van der Waals surface area contributed by atoms with Gasteiger partial charge in [-0.25, -0.2) is 4.98 Å². The highest BCUT2D eigenvalue weighted by Gasteiger charge is 2.53. The largest absolute Gasteiger partial charge is 0.498 e. The number of hydrogen-bond donors (Lipinski definition) is 1. The van der Waals surface area contributed by atoms with E-state index in [-0.39, 0.29) is 11.2 Å². The van der Waals surface area contributed by atoms with Crippen LogP contribution < -0.4 is 11.2 Å². The molecule has 108 valence electrons. The van der Waals surface area contributed by atoms with Crippen LogP contribution in [0.3, 0.4) is 0 Å². The van der Waals surface area contributed by atoms with Crippen molar-refractivity contribution in [3.05, 3.63) is 17.8 Å². The highest BCUT2D eigenvalue weighted by atomic mass is 16.7. The molecule has 1 aromatic rings. The minimum atomic E-state index is -0.413. The molecular formula is C15H23BN2O2. The van der Waals surface area contributed by atoms with Crippen LogP contribution in [-0.4, -0.2) is 23.3 Å². The number of pyridine rings is 1. The Labute approximate surface area is 121 Å². The molecule has 2 N–H and O–H groups in total. The minimum absolute atomic E-state index is 0.350. The van der Waals surface area contributed by atoms with Crippen molar-refractivity contribution in [1.82, 2.24) is 4.98 Å². The Morgan fingerprint density at radius 2 is 1.80 bits per heavy atom. The van der Waals surface area contributed by atoms with E-state index in [1.54, 1.807) is 6.20 Å². The third kappa shape index (κ3) is 2.04. The van der Waals surface area contributed by atoms with E-state index in [9.17, 15) is 0 Å². The normalized spacial score (nSPS) is 24.7. The highest BCUT2D eigenvalue weighted by molar-refractivity contribution is 6.64. The molecule has 0 amide bonds. The molecule has 1 saturated heterocycles. The van der Waals surface area contributed by atoms with Crippen LogP contribution in [0.4, 0.5) is 5.82 Å². The van der Waals surface area contributed by atoms with E-state index in [0.717, 1.165) is 5.46 Å². The molecule has 4 nitrogen and oxygen atoms in total. The van der Waals surface area contributed by atoms with Crippen molar-refractivity contribution in [1.29, 1.82) is 0 Å². The van der Waals surface area contributed by atoms with E-state index in [0.29, 0.717) is 11.7 Å². The van der Waals surface area contributed by atoms with E-state index in [4.69, 9.17) is 15.0 Å². The van der Waals surface area contributed by atoms with Crippen LogP contribution in [0.1, 0.15) is 58.4 Å². The van der Waals surface area contributed by atoms with E-state index in [1.807, 2.05) is 0 Å². The van der Waals surface area contributed by atoms with Gasteiger partial charge < -0.3 is 15.0 Å². The maximum Gasteiger partial charge on any atom is 0.498 e. The van der Waals surface area contributed by atoms with Gasteiger partial charge in [-0.3, -0.25) is 0 Å². The summed E-state index contributed by atoms with van der Waals surface area (Å²) in [4.78, 5) is 4.24. The average molecular weight is 274 g/mol. The second kappa shape index (κ2) is 4.47. The van der Waals surface area contributed by atoms with Crippen molar-refractivity contribution in [2.24, 2.45) is 0 Å². The lowest BCUT2D eigenvalue weighted by molar-refractivity contribution is 0.00578. The van der Waals surface area contributed by atoms with Crippen LogP contribution >= 0.6 is 0 Å². The van der Waals surface area contributed by atoms with E-state index < -0.39 is 7.12 Å². The van der Waals surface area contributed by atoms with Gasteiger partial charge in [0.2, 0.25) is 0 Å². The monoisotopic (exact) mass is 274 g/mol. The summed E-state index contributed by atoms with van der Waals surface area (Å²) in [6.07, 6.45) is 5.51. The van der Waals surface area contributed by atoms with E-state index in [1.165, 1.54) is 24.8 Å². The van der Waals surface area contributed by atoms with Gasteiger partial charge in [0.15, 0.2) is 0 Å². The van der Waals surface area contributed by atoms with Gasteiger partial charge in [0.1, 0.15) is 5.82 Å². The lowest BCUT2D eigenvalue weighted by Crippen LogP contribution is -2.41. The molecule has 2 aliphatic rings. The molecule has 0 unspecified atom stereocenters. The van der Waals surface area contributed by atoms with Crippen LogP contribution in [0, 0.1) is 0 Å². The number of nitrogen functional groups attached to an aromatic ring is 1. The molecule has 2 heterocycles. The predicted octanol–water partition coefficient (Wildman–Crippen LogP) is 2.23. The lowest BCUT2D eigenvalue weighted by Gasteiger charge is -2.32. The highest BCUT2D eigenvalue weighted by Crippen LogP contribution is 2.40. The first kappa shape index (κ1) is 13.9. The van der Waals surface area contributed by atoms with Crippen LogP contribution in [0.2, 0.25) is 0 Å². The maximum atomic E-state index is 6.15. The van der Waals surface area contributed by atoms with Crippen molar-refractivity contribution in [2.75, 3.05) is 5.73 Å². The van der Waals surface area contributed by atoms with Crippen LogP contribution in [0.25, 0.3) is 0 Å². The Balaban J connectivity index is 1.99. The van der Waals surface area contributed by atoms with Crippen molar-refractivity contribution in [3.8, 4) is 0 Å². The molecule has 5 heteroatoms. The molecule has 0 radical (unpaired) electrons. The molecule has 1 aromatic heterocycles. The van der Waals surface area contributed by atoms with Crippen LogP contribution in [0.5, 0.6) is 0 Å². The number of nitrogens with zero attached hydrogens (tertiary/aromatic N) is 1. The molecule has 2 fully saturated rings. The number of hydrogen-bond acceptors (Lipinski definition) is 4. The SMILES string of the molecule is CC1(C)OB(c2c(C3CCC3)ccnc2N)OC1(C)C. The van der Waals surface area contributed by atoms with Gasteiger partial charge >= 0.3 is 7.12 Å². The second-order valence-electron chi connectivity index (χ2n) is 6.92. The first-order valence-electron chi connectivity index (χ1n) is 7.42. The molecule has 0 atom stereocenters. The van der Waals surface area contributed by atoms with Crippen molar-refractivity contribution < 1.29 is 9.31 Å². The number of rotatable bonds is 2. The number of aromatic nitrogens is 1. The summed E-state index contributed by atoms with van der Waals surface area (Å²) < 4.78 is 12.3. The molecule has 1 saturated carbocycles. The Morgan fingerprint density at radius 1 is 1.20 bits per heavy atom. The van der Waals surface area contributed by atoms with Crippen molar-refractivity contribution >= 4 is 18.4 Å². The van der Waals surface area contributed by atoms with Gasteiger partial charge in [-0.1, -0.05) is 6.42 Å².